The van der Waals surface area contributed by atoms with Gasteiger partial charge in [0.2, 0.25) is 0 Å². The Morgan fingerprint density at radius 2 is 0.452 bits per heavy atom. The monoisotopic (exact) mass is 782 g/mol. The van der Waals surface area contributed by atoms with E-state index in [-0.39, 0.29) is 0 Å². The molecule has 62 heavy (non-hydrogen) atoms. The summed E-state index contributed by atoms with van der Waals surface area (Å²) in [5.74, 6) is 0. The summed E-state index contributed by atoms with van der Waals surface area (Å²) < 4.78 is 0. The molecule has 13 aromatic rings. The SMILES string of the molecule is c1ccc(-c2ccc3ccc4ccc(-c5c6ccc7ccccc7c6c(-c6ccc7ccc8ccc(-c9ccccc9)cc8c7c6)c6ccc7ccccc7c56)cc4c3c2)cc1. The summed E-state index contributed by atoms with van der Waals surface area (Å²) in [6.07, 6.45) is 0. The van der Waals surface area contributed by atoms with Crippen LogP contribution in [0.3, 0.4) is 0 Å². The fourth-order valence-electron chi connectivity index (χ4n) is 10.4. The second-order valence-electron chi connectivity index (χ2n) is 16.8. The molecule has 0 fully saturated rings. The van der Waals surface area contributed by atoms with Crippen LogP contribution in [0.2, 0.25) is 0 Å². The van der Waals surface area contributed by atoms with Gasteiger partial charge in [0, 0.05) is 0 Å². The van der Waals surface area contributed by atoms with E-state index in [4.69, 9.17) is 0 Å². The highest BCUT2D eigenvalue weighted by atomic mass is 14.2. The Bertz CT molecular complexity index is 3690. The first-order valence-electron chi connectivity index (χ1n) is 21.6. The topological polar surface area (TPSA) is 0 Å². The molecular formula is C62H38. The van der Waals surface area contributed by atoms with E-state index in [1.165, 1.54) is 131 Å². The summed E-state index contributed by atoms with van der Waals surface area (Å²) in [6.45, 7) is 0. The van der Waals surface area contributed by atoms with Crippen LogP contribution in [0.1, 0.15) is 0 Å². The predicted molar refractivity (Wildman–Crippen MR) is 268 cm³/mol. The summed E-state index contributed by atoms with van der Waals surface area (Å²) >= 11 is 0. The second-order valence-corrected chi connectivity index (χ2v) is 16.8. The Labute approximate surface area is 359 Å². The zero-order chi connectivity index (χ0) is 40.7. The predicted octanol–water partition coefficient (Wildman–Crippen LogP) is 17.6. The second kappa shape index (κ2) is 13.7. The van der Waals surface area contributed by atoms with Crippen molar-refractivity contribution in [2.75, 3.05) is 0 Å². The molecule has 0 radical (unpaired) electrons. The fraction of sp³-hybridized carbons (Fsp3) is 0. The van der Waals surface area contributed by atoms with Crippen LogP contribution < -0.4 is 0 Å². The van der Waals surface area contributed by atoms with Crippen molar-refractivity contribution in [2.45, 2.75) is 0 Å². The van der Waals surface area contributed by atoms with E-state index in [0.29, 0.717) is 0 Å². The molecule has 0 atom stereocenters. The first kappa shape index (κ1) is 34.8. The van der Waals surface area contributed by atoms with Crippen LogP contribution in [-0.4, -0.2) is 0 Å². The van der Waals surface area contributed by atoms with Gasteiger partial charge in [-0.1, -0.05) is 206 Å². The smallest absolute Gasteiger partial charge is 0.00141 e. The molecule has 286 valence electrons. The minimum absolute atomic E-state index is 1.22. The summed E-state index contributed by atoms with van der Waals surface area (Å²) in [5.41, 5.74) is 9.92. The lowest BCUT2D eigenvalue weighted by molar-refractivity contribution is 1.65. The van der Waals surface area contributed by atoms with E-state index in [0.717, 1.165) is 0 Å². The minimum atomic E-state index is 1.22. The lowest BCUT2D eigenvalue weighted by atomic mass is 9.81. The molecule has 0 unspecified atom stereocenters. The molecule has 0 heterocycles. The normalized spacial score (nSPS) is 11.9. The average Bonchev–Trinajstić information content (AvgIpc) is 3.35. The van der Waals surface area contributed by atoms with Gasteiger partial charge in [-0.05, 0) is 155 Å². The van der Waals surface area contributed by atoms with Crippen molar-refractivity contribution in [3.63, 3.8) is 0 Å². The van der Waals surface area contributed by atoms with Gasteiger partial charge >= 0.3 is 0 Å². The molecule has 13 aromatic carbocycles. The lowest BCUT2D eigenvalue weighted by Crippen LogP contribution is -1.94. The number of rotatable bonds is 4. The molecule has 0 aliphatic carbocycles. The van der Waals surface area contributed by atoms with E-state index in [2.05, 4.69) is 231 Å². The van der Waals surface area contributed by atoms with Gasteiger partial charge in [0.1, 0.15) is 0 Å². The van der Waals surface area contributed by atoms with Gasteiger partial charge < -0.3 is 0 Å². The summed E-state index contributed by atoms with van der Waals surface area (Å²) in [7, 11) is 0. The summed E-state index contributed by atoms with van der Waals surface area (Å²) in [5, 5.41) is 20.1. The molecule has 0 saturated carbocycles. The Morgan fingerprint density at radius 1 is 0.161 bits per heavy atom. The summed E-state index contributed by atoms with van der Waals surface area (Å²) in [4.78, 5) is 0. The van der Waals surface area contributed by atoms with Gasteiger partial charge in [0.15, 0.2) is 0 Å². The van der Waals surface area contributed by atoms with Crippen molar-refractivity contribution in [2.24, 2.45) is 0 Å². The zero-order valence-corrected chi connectivity index (χ0v) is 33.9. The maximum atomic E-state index is 2.46. The third kappa shape index (κ3) is 5.40. The number of hydrogen-bond acceptors (Lipinski definition) is 0. The van der Waals surface area contributed by atoms with Gasteiger partial charge in [-0.2, -0.15) is 0 Å². The van der Waals surface area contributed by atoms with Crippen molar-refractivity contribution >= 4 is 86.2 Å². The number of fused-ring (bicyclic) bond motifs is 12. The van der Waals surface area contributed by atoms with Crippen LogP contribution >= 0.6 is 0 Å². The van der Waals surface area contributed by atoms with Gasteiger partial charge in [-0.3, -0.25) is 0 Å². The van der Waals surface area contributed by atoms with Crippen LogP contribution in [0, 0.1) is 0 Å². The highest BCUT2D eigenvalue weighted by Crippen LogP contribution is 2.49. The molecule has 0 spiro atoms. The Hall–Kier alpha value is -8.06. The molecule has 13 rings (SSSR count). The number of hydrogen-bond donors (Lipinski definition) is 0. The van der Waals surface area contributed by atoms with E-state index < -0.39 is 0 Å². The average molecular weight is 783 g/mol. The molecule has 0 N–H and O–H groups in total. The van der Waals surface area contributed by atoms with Crippen LogP contribution in [0.4, 0.5) is 0 Å². The zero-order valence-electron chi connectivity index (χ0n) is 33.9. The van der Waals surface area contributed by atoms with Crippen molar-refractivity contribution in [1.82, 2.24) is 0 Å². The molecule has 0 amide bonds. The highest BCUT2D eigenvalue weighted by Gasteiger charge is 2.21. The molecular weight excluding hydrogens is 745 g/mol. The minimum Gasteiger partial charge on any atom is -0.0622 e. The van der Waals surface area contributed by atoms with Gasteiger partial charge in [0.05, 0.1) is 0 Å². The molecule has 0 saturated heterocycles. The maximum absolute atomic E-state index is 2.46. The molecule has 0 heteroatoms. The number of benzene rings is 13. The first-order valence-corrected chi connectivity index (χ1v) is 21.6. The van der Waals surface area contributed by atoms with E-state index in [1.54, 1.807) is 0 Å². The fourth-order valence-corrected chi connectivity index (χ4v) is 10.4. The lowest BCUT2D eigenvalue weighted by Gasteiger charge is -2.21. The third-order valence-electron chi connectivity index (χ3n) is 13.4. The Kier molecular flexibility index (Phi) is 7.71. The molecule has 0 aliphatic heterocycles. The standard InChI is InChI=1S/C62H38/c1-3-11-39(12-4-1)47-27-23-43-19-21-45-25-29-49(37-57(45)55(43)35-47)59-53-33-31-42-16-8-10-18-52(42)62(53)60(54-34-32-41-15-7-9-17-51(41)61(54)59)50-30-26-46-22-20-44-24-28-48(36-56(44)58(46)38-50)40-13-5-2-6-14-40/h1-38H. The van der Waals surface area contributed by atoms with Crippen LogP contribution in [0.5, 0.6) is 0 Å². The van der Waals surface area contributed by atoms with Gasteiger partial charge in [0.25, 0.3) is 0 Å². The van der Waals surface area contributed by atoms with Crippen molar-refractivity contribution < 1.29 is 0 Å². The van der Waals surface area contributed by atoms with Crippen molar-refractivity contribution in [3.8, 4) is 44.5 Å². The third-order valence-corrected chi connectivity index (χ3v) is 13.4. The first-order chi connectivity index (χ1) is 30.7. The molecule has 0 bridgehead atoms. The van der Waals surface area contributed by atoms with Crippen molar-refractivity contribution in [1.29, 1.82) is 0 Å². The molecule has 0 aromatic heterocycles. The van der Waals surface area contributed by atoms with Crippen LogP contribution in [-0.2, 0) is 0 Å². The molecule has 0 aliphatic rings. The molecule has 0 nitrogen and oxygen atoms in total. The maximum Gasteiger partial charge on any atom is -0.00141 e. The highest BCUT2D eigenvalue weighted by molar-refractivity contribution is 6.33. The van der Waals surface area contributed by atoms with Crippen LogP contribution in [0.25, 0.3) is 131 Å². The quantitative estimate of drug-likeness (QED) is 0.123. The Balaban J connectivity index is 1.15. The van der Waals surface area contributed by atoms with E-state index >= 15 is 0 Å². The van der Waals surface area contributed by atoms with E-state index in [9.17, 15) is 0 Å². The van der Waals surface area contributed by atoms with Crippen molar-refractivity contribution in [3.05, 3.63) is 231 Å². The largest absolute Gasteiger partial charge is 0.0622 e. The van der Waals surface area contributed by atoms with Crippen LogP contribution in [0.15, 0.2) is 231 Å². The van der Waals surface area contributed by atoms with E-state index in [1.807, 2.05) is 0 Å². The van der Waals surface area contributed by atoms with Gasteiger partial charge in [-0.25, -0.2) is 0 Å². The Morgan fingerprint density at radius 3 is 0.855 bits per heavy atom. The summed E-state index contributed by atoms with van der Waals surface area (Å²) in [6, 6.07) is 85.9. The van der Waals surface area contributed by atoms with Gasteiger partial charge in [-0.15, -0.1) is 0 Å².